The van der Waals surface area contributed by atoms with E-state index in [9.17, 15) is 24.0 Å². The summed E-state index contributed by atoms with van der Waals surface area (Å²) in [6.07, 6.45) is 2.83. The van der Waals surface area contributed by atoms with Gasteiger partial charge in [-0.15, -0.1) is 0 Å². The molecule has 3 aliphatic rings. The molecule has 9 nitrogen and oxygen atoms in total. The van der Waals surface area contributed by atoms with E-state index in [4.69, 9.17) is 4.74 Å². The molecule has 2 bridgehead atoms. The molecule has 1 heterocycles. The molecule has 4 atom stereocenters. The first-order chi connectivity index (χ1) is 14.0. The van der Waals surface area contributed by atoms with E-state index in [1.165, 1.54) is 0 Å². The molecule has 9 heteroatoms. The molecule has 152 valence electrons. The first kappa shape index (κ1) is 19.1. The molecule has 0 radical (unpaired) electrons. The van der Waals surface area contributed by atoms with E-state index in [1.54, 1.807) is 30.3 Å². The average Bonchev–Trinajstić information content (AvgIpc) is 3.41. The van der Waals surface area contributed by atoms with Crippen LogP contribution in [0.5, 0.6) is 0 Å². The van der Waals surface area contributed by atoms with Gasteiger partial charge in [0.1, 0.15) is 6.54 Å². The molecule has 2 N–H and O–H groups in total. The highest BCUT2D eigenvalue weighted by Crippen LogP contribution is 2.56. The Hall–Kier alpha value is -3.23. The number of ether oxygens (including phenoxy) is 1. The summed E-state index contributed by atoms with van der Waals surface area (Å²) in [5, 5.41) is 0. The van der Waals surface area contributed by atoms with Crippen molar-refractivity contribution in [2.75, 3.05) is 13.2 Å². The summed E-state index contributed by atoms with van der Waals surface area (Å²) in [7, 11) is 0. The molecule has 1 aliphatic heterocycles. The van der Waals surface area contributed by atoms with Crippen LogP contribution in [0.1, 0.15) is 29.6 Å². The van der Waals surface area contributed by atoms with E-state index in [2.05, 4.69) is 10.9 Å². The first-order valence-electron chi connectivity index (χ1n) is 9.60. The lowest BCUT2D eigenvalue weighted by molar-refractivity contribution is -0.155. The molecule has 1 aromatic rings. The van der Waals surface area contributed by atoms with Gasteiger partial charge in [0.05, 0.1) is 11.8 Å². The smallest absolute Gasteiger partial charge is 0.326 e. The molecule has 3 fully saturated rings. The van der Waals surface area contributed by atoms with Gasteiger partial charge in [0, 0.05) is 5.56 Å². The minimum Gasteiger partial charge on any atom is -0.454 e. The third kappa shape index (κ3) is 3.59. The summed E-state index contributed by atoms with van der Waals surface area (Å²) in [6, 6.07) is 8.26. The quantitative estimate of drug-likeness (QED) is 0.409. The lowest BCUT2D eigenvalue weighted by Crippen LogP contribution is -2.44. The summed E-state index contributed by atoms with van der Waals surface area (Å²) >= 11 is 0. The summed E-state index contributed by atoms with van der Waals surface area (Å²) in [4.78, 5) is 61.7. The van der Waals surface area contributed by atoms with Crippen molar-refractivity contribution >= 4 is 29.6 Å². The van der Waals surface area contributed by atoms with Crippen molar-refractivity contribution in [1.82, 2.24) is 15.8 Å². The van der Waals surface area contributed by atoms with Gasteiger partial charge in [-0.05, 0) is 43.2 Å². The predicted octanol–water partition coefficient (Wildman–Crippen LogP) is 0.0219. The highest BCUT2D eigenvalue weighted by Gasteiger charge is 2.61. The predicted molar refractivity (Wildman–Crippen MR) is 97.5 cm³/mol. The summed E-state index contributed by atoms with van der Waals surface area (Å²) in [6.45, 7) is -1.13. The maximum absolute atomic E-state index is 12.5. The Bertz CT molecular complexity index is 842. The maximum Gasteiger partial charge on any atom is 0.326 e. The van der Waals surface area contributed by atoms with Crippen LogP contribution in [0.3, 0.4) is 0 Å². The van der Waals surface area contributed by atoms with Crippen LogP contribution in [-0.4, -0.2) is 47.6 Å². The van der Waals surface area contributed by atoms with E-state index in [0.717, 1.165) is 24.2 Å². The molecule has 0 aromatic heterocycles. The Morgan fingerprint density at radius 1 is 0.966 bits per heavy atom. The third-order valence-corrected chi connectivity index (χ3v) is 6.02. The lowest BCUT2D eigenvalue weighted by atomic mass is 9.81. The van der Waals surface area contributed by atoms with Crippen LogP contribution < -0.4 is 10.9 Å². The Balaban J connectivity index is 1.22. The Labute approximate surface area is 166 Å². The van der Waals surface area contributed by atoms with Crippen molar-refractivity contribution in [1.29, 1.82) is 0 Å². The number of fused-ring (bicyclic) bond motifs is 5. The number of carbonyl (C=O) groups is 5. The van der Waals surface area contributed by atoms with Crippen molar-refractivity contribution < 1.29 is 28.7 Å². The zero-order valence-electron chi connectivity index (χ0n) is 15.6. The monoisotopic (exact) mass is 399 g/mol. The molecular formula is C20H21N3O6. The molecule has 2 aliphatic carbocycles. The fraction of sp³-hybridized carbons (Fsp3) is 0.450. The van der Waals surface area contributed by atoms with Gasteiger partial charge in [-0.3, -0.25) is 39.7 Å². The maximum atomic E-state index is 12.5. The van der Waals surface area contributed by atoms with Gasteiger partial charge in [-0.25, -0.2) is 0 Å². The van der Waals surface area contributed by atoms with Crippen molar-refractivity contribution in [3.8, 4) is 0 Å². The number of benzene rings is 1. The van der Waals surface area contributed by atoms with Crippen LogP contribution in [0.15, 0.2) is 30.3 Å². The van der Waals surface area contributed by atoms with E-state index >= 15 is 0 Å². The number of nitrogens with one attached hydrogen (secondary N) is 2. The van der Waals surface area contributed by atoms with Gasteiger partial charge >= 0.3 is 5.97 Å². The van der Waals surface area contributed by atoms with E-state index < -0.39 is 30.9 Å². The molecule has 1 saturated heterocycles. The van der Waals surface area contributed by atoms with Gasteiger partial charge in [-0.2, -0.15) is 0 Å². The highest BCUT2D eigenvalue weighted by molar-refractivity contribution is 6.07. The molecule has 0 spiro atoms. The summed E-state index contributed by atoms with van der Waals surface area (Å²) in [5.74, 6) is -2.83. The van der Waals surface area contributed by atoms with Crippen molar-refractivity contribution in [2.45, 2.75) is 19.3 Å². The van der Waals surface area contributed by atoms with E-state index in [0.29, 0.717) is 5.56 Å². The normalized spacial score (nSPS) is 27.0. The Kier molecular flexibility index (Phi) is 5.04. The van der Waals surface area contributed by atoms with E-state index in [1.807, 2.05) is 0 Å². The molecule has 2 saturated carbocycles. The van der Waals surface area contributed by atoms with Gasteiger partial charge in [0.2, 0.25) is 11.8 Å². The molecule has 1 aromatic carbocycles. The molecule has 4 amide bonds. The number of hydrogen-bond acceptors (Lipinski definition) is 6. The van der Waals surface area contributed by atoms with Gasteiger partial charge < -0.3 is 4.74 Å². The standard InChI is InChI=1S/C20H21N3O6/c24-14(21-22-18(26)11-4-2-1-3-5-11)10-29-15(25)9-23-19(27)16-12-6-7-13(8-12)17(16)20(23)28/h1-5,12-13,16-17H,6-10H2,(H,21,24)(H,22,26)/t12-,13+,16-,17-/m0/s1. The number of imide groups is 1. The second kappa shape index (κ2) is 7.65. The van der Waals surface area contributed by atoms with Crippen LogP contribution in [0.25, 0.3) is 0 Å². The number of hydrazine groups is 1. The number of amides is 4. The van der Waals surface area contributed by atoms with Crippen LogP contribution in [0.2, 0.25) is 0 Å². The third-order valence-electron chi connectivity index (χ3n) is 6.02. The molecular weight excluding hydrogens is 378 g/mol. The van der Waals surface area contributed by atoms with Crippen LogP contribution in [0.4, 0.5) is 0 Å². The van der Waals surface area contributed by atoms with Crippen LogP contribution in [0, 0.1) is 23.7 Å². The number of rotatable bonds is 5. The molecule has 0 unspecified atom stereocenters. The topological polar surface area (TPSA) is 122 Å². The Morgan fingerprint density at radius 3 is 2.21 bits per heavy atom. The summed E-state index contributed by atoms with van der Waals surface area (Å²) in [5.41, 5.74) is 4.70. The van der Waals surface area contributed by atoms with E-state index in [-0.39, 0.29) is 35.5 Å². The van der Waals surface area contributed by atoms with Gasteiger partial charge in [-0.1, -0.05) is 18.2 Å². The SMILES string of the molecule is O=C(COC(=O)CN1C(=O)[C@H]2[C@@H]3CC[C@@H](C3)[C@@H]2C1=O)NNC(=O)c1ccccc1. The number of likely N-dealkylation sites (tertiary alicyclic amines) is 1. The molecule has 4 rings (SSSR count). The second-order valence-electron chi connectivity index (χ2n) is 7.68. The number of nitrogens with zero attached hydrogens (tertiary/aromatic N) is 1. The lowest BCUT2D eigenvalue weighted by Gasteiger charge is -2.19. The highest BCUT2D eigenvalue weighted by atomic mass is 16.5. The number of carbonyl (C=O) groups excluding carboxylic acids is 5. The van der Waals surface area contributed by atoms with Crippen LogP contribution in [-0.2, 0) is 23.9 Å². The van der Waals surface area contributed by atoms with Crippen molar-refractivity contribution in [3.05, 3.63) is 35.9 Å². The number of hydrogen-bond donors (Lipinski definition) is 2. The fourth-order valence-corrected chi connectivity index (χ4v) is 4.77. The minimum absolute atomic E-state index is 0.237. The Morgan fingerprint density at radius 2 is 1.59 bits per heavy atom. The first-order valence-corrected chi connectivity index (χ1v) is 9.60. The zero-order valence-corrected chi connectivity index (χ0v) is 15.6. The zero-order chi connectivity index (χ0) is 20.5. The van der Waals surface area contributed by atoms with Crippen molar-refractivity contribution in [3.63, 3.8) is 0 Å². The van der Waals surface area contributed by atoms with Gasteiger partial charge in [0.25, 0.3) is 11.8 Å². The summed E-state index contributed by atoms with van der Waals surface area (Å²) < 4.78 is 4.84. The van der Waals surface area contributed by atoms with Crippen molar-refractivity contribution in [2.24, 2.45) is 23.7 Å². The number of esters is 1. The fourth-order valence-electron chi connectivity index (χ4n) is 4.77. The van der Waals surface area contributed by atoms with Gasteiger partial charge in [0.15, 0.2) is 6.61 Å². The second-order valence-corrected chi connectivity index (χ2v) is 7.68. The largest absolute Gasteiger partial charge is 0.454 e. The average molecular weight is 399 g/mol. The molecule has 29 heavy (non-hydrogen) atoms. The van der Waals surface area contributed by atoms with Crippen LogP contribution >= 0.6 is 0 Å². The minimum atomic E-state index is -0.844.